The highest BCUT2D eigenvalue weighted by Gasteiger charge is 2.30. The summed E-state index contributed by atoms with van der Waals surface area (Å²) in [4.78, 5) is 2.38. The minimum absolute atomic E-state index is 0.119. The fraction of sp³-hybridized carbons (Fsp3) is 1.00. The van der Waals surface area contributed by atoms with Gasteiger partial charge in [-0.3, -0.25) is 5.01 Å². The van der Waals surface area contributed by atoms with Crippen LogP contribution in [0, 0.1) is 0 Å². The summed E-state index contributed by atoms with van der Waals surface area (Å²) in [7, 11) is 6.25. The number of nitrogens with two attached hydrogens (primary N) is 1. The van der Waals surface area contributed by atoms with Crippen molar-refractivity contribution in [2.45, 2.75) is 24.8 Å². The topological polar surface area (TPSA) is 44.5 Å². The third kappa shape index (κ3) is 3.20. The molecule has 0 aromatic rings. The lowest BCUT2D eigenvalue weighted by atomic mass is 9.91. The standard InChI is InChI=1S/C10H24N4/c1-13(2)12-10(9-11)5-4-7-14(3)8-6-10/h12H,4-9,11H2,1-3H3. The van der Waals surface area contributed by atoms with E-state index >= 15 is 0 Å². The Kier molecular flexibility index (Phi) is 4.31. The fourth-order valence-electron chi connectivity index (χ4n) is 2.16. The van der Waals surface area contributed by atoms with Gasteiger partial charge in [-0.15, -0.1) is 0 Å². The number of nitrogens with zero attached hydrogens (tertiary/aromatic N) is 2. The molecule has 0 radical (unpaired) electrons. The second-order valence-corrected chi connectivity index (χ2v) is 4.65. The Bertz CT molecular complexity index is 172. The van der Waals surface area contributed by atoms with Crippen LogP contribution >= 0.6 is 0 Å². The first-order chi connectivity index (χ1) is 6.58. The Morgan fingerprint density at radius 1 is 1.36 bits per heavy atom. The van der Waals surface area contributed by atoms with Crippen LogP contribution in [0.3, 0.4) is 0 Å². The molecule has 0 aliphatic carbocycles. The van der Waals surface area contributed by atoms with E-state index in [1.165, 1.54) is 19.4 Å². The Morgan fingerprint density at radius 2 is 2.07 bits per heavy atom. The van der Waals surface area contributed by atoms with Gasteiger partial charge in [0.05, 0.1) is 0 Å². The van der Waals surface area contributed by atoms with Gasteiger partial charge >= 0.3 is 0 Å². The van der Waals surface area contributed by atoms with Crippen LogP contribution in [0.1, 0.15) is 19.3 Å². The number of rotatable bonds is 3. The molecule has 84 valence electrons. The van der Waals surface area contributed by atoms with Crippen molar-refractivity contribution >= 4 is 0 Å². The minimum atomic E-state index is 0.119. The van der Waals surface area contributed by atoms with E-state index in [1.807, 2.05) is 19.1 Å². The third-order valence-electron chi connectivity index (χ3n) is 3.02. The van der Waals surface area contributed by atoms with Gasteiger partial charge in [0.2, 0.25) is 0 Å². The lowest BCUT2D eigenvalue weighted by Gasteiger charge is -2.35. The SMILES string of the molecule is CN1CCCC(CN)(NN(C)C)CC1. The van der Waals surface area contributed by atoms with E-state index in [0.29, 0.717) is 0 Å². The molecule has 0 aromatic heterocycles. The molecule has 1 aliphatic heterocycles. The van der Waals surface area contributed by atoms with Gasteiger partial charge in [-0.2, -0.15) is 0 Å². The first-order valence-corrected chi connectivity index (χ1v) is 5.42. The molecule has 14 heavy (non-hydrogen) atoms. The zero-order chi connectivity index (χ0) is 10.6. The predicted octanol–water partition coefficient (Wildman–Crippen LogP) is -0.134. The molecule has 3 N–H and O–H groups in total. The van der Waals surface area contributed by atoms with Gasteiger partial charge in [-0.25, -0.2) is 5.43 Å². The van der Waals surface area contributed by atoms with Crippen LogP contribution in [-0.2, 0) is 0 Å². The van der Waals surface area contributed by atoms with Crippen molar-refractivity contribution in [3.05, 3.63) is 0 Å². The number of hydrazine groups is 1. The van der Waals surface area contributed by atoms with E-state index in [4.69, 9.17) is 5.73 Å². The highest BCUT2D eigenvalue weighted by Crippen LogP contribution is 2.20. The average Bonchev–Trinajstić information content (AvgIpc) is 2.29. The lowest BCUT2D eigenvalue weighted by molar-refractivity contribution is 0.146. The van der Waals surface area contributed by atoms with Crippen LogP contribution in [0.25, 0.3) is 0 Å². The first-order valence-electron chi connectivity index (χ1n) is 5.42. The molecule has 1 heterocycles. The van der Waals surface area contributed by atoms with E-state index in [0.717, 1.165) is 19.5 Å². The summed E-state index contributed by atoms with van der Waals surface area (Å²) < 4.78 is 0. The molecule has 1 saturated heterocycles. The molecule has 0 saturated carbocycles. The van der Waals surface area contributed by atoms with Crippen molar-refractivity contribution in [3.8, 4) is 0 Å². The van der Waals surface area contributed by atoms with Gasteiger partial charge < -0.3 is 10.6 Å². The second kappa shape index (κ2) is 5.07. The van der Waals surface area contributed by atoms with Crippen LogP contribution in [0.4, 0.5) is 0 Å². The van der Waals surface area contributed by atoms with Crippen molar-refractivity contribution < 1.29 is 0 Å². The van der Waals surface area contributed by atoms with Gasteiger partial charge in [0, 0.05) is 26.2 Å². The summed E-state index contributed by atoms with van der Waals surface area (Å²) >= 11 is 0. The Morgan fingerprint density at radius 3 is 2.64 bits per heavy atom. The molecule has 1 fully saturated rings. The summed E-state index contributed by atoms with van der Waals surface area (Å²) in [6, 6.07) is 0. The van der Waals surface area contributed by atoms with Crippen molar-refractivity contribution in [2.24, 2.45) is 5.73 Å². The first kappa shape index (κ1) is 11.9. The van der Waals surface area contributed by atoms with Crippen LogP contribution in [-0.4, -0.2) is 56.2 Å². The molecule has 1 rings (SSSR count). The number of hydrogen-bond donors (Lipinski definition) is 2. The van der Waals surface area contributed by atoms with E-state index in [1.54, 1.807) is 0 Å². The maximum absolute atomic E-state index is 5.89. The highest BCUT2D eigenvalue weighted by molar-refractivity contribution is 4.90. The lowest BCUT2D eigenvalue weighted by Crippen LogP contribution is -2.56. The van der Waals surface area contributed by atoms with Crippen LogP contribution in [0.15, 0.2) is 0 Å². The third-order valence-corrected chi connectivity index (χ3v) is 3.02. The van der Waals surface area contributed by atoms with Crippen molar-refractivity contribution in [3.63, 3.8) is 0 Å². The largest absolute Gasteiger partial charge is 0.329 e. The monoisotopic (exact) mass is 200 g/mol. The van der Waals surface area contributed by atoms with Gasteiger partial charge in [-0.05, 0) is 39.4 Å². The number of nitrogens with one attached hydrogen (secondary N) is 1. The predicted molar refractivity (Wildman–Crippen MR) is 60.0 cm³/mol. The molecule has 4 nitrogen and oxygen atoms in total. The zero-order valence-electron chi connectivity index (χ0n) is 9.71. The summed E-state index contributed by atoms with van der Waals surface area (Å²) in [5, 5.41) is 2.03. The van der Waals surface area contributed by atoms with Gasteiger partial charge in [0.15, 0.2) is 0 Å². The Labute approximate surface area is 87.4 Å². The van der Waals surface area contributed by atoms with Gasteiger partial charge in [0.1, 0.15) is 0 Å². The fourth-order valence-corrected chi connectivity index (χ4v) is 2.16. The van der Waals surface area contributed by atoms with E-state index < -0.39 is 0 Å². The molecule has 0 amide bonds. The normalized spacial score (nSPS) is 30.6. The van der Waals surface area contributed by atoms with E-state index in [-0.39, 0.29) is 5.54 Å². The van der Waals surface area contributed by atoms with Crippen molar-refractivity contribution in [2.75, 3.05) is 40.8 Å². The smallest absolute Gasteiger partial charge is 0.0460 e. The van der Waals surface area contributed by atoms with Crippen LogP contribution in [0.5, 0.6) is 0 Å². The van der Waals surface area contributed by atoms with Crippen molar-refractivity contribution in [1.82, 2.24) is 15.3 Å². The molecule has 0 aromatic carbocycles. The summed E-state index contributed by atoms with van der Waals surface area (Å²) in [6.45, 7) is 3.05. The molecule has 0 spiro atoms. The maximum atomic E-state index is 5.89. The Balaban J connectivity index is 2.58. The molecular weight excluding hydrogens is 176 g/mol. The number of hydrogen-bond acceptors (Lipinski definition) is 4. The molecule has 1 atom stereocenters. The quantitative estimate of drug-likeness (QED) is 0.623. The highest BCUT2D eigenvalue weighted by atomic mass is 15.5. The van der Waals surface area contributed by atoms with E-state index in [9.17, 15) is 0 Å². The molecule has 0 bridgehead atoms. The molecule has 1 aliphatic rings. The van der Waals surface area contributed by atoms with Gasteiger partial charge in [0.25, 0.3) is 0 Å². The van der Waals surface area contributed by atoms with Crippen LogP contribution in [0.2, 0.25) is 0 Å². The summed E-state index contributed by atoms with van der Waals surface area (Å²) in [6.07, 6.45) is 3.54. The average molecular weight is 200 g/mol. The minimum Gasteiger partial charge on any atom is -0.329 e. The molecular formula is C10H24N4. The number of likely N-dealkylation sites (tertiary alicyclic amines) is 1. The molecule has 1 unspecified atom stereocenters. The summed E-state index contributed by atoms with van der Waals surface area (Å²) in [5.41, 5.74) is 9.50. The van der Waals surface area contributed by atoms with E-state index in [2.05, 4.69) is 17.4 Å². The Hall–Kier alpha value is -0.160. The van der Waals surface area contributed by atoms with Gasteiger partial charge in [-0.1, -0.05) is 0 Å². The van der Waals surface area contributed by atoms with Crippen LogP contribution < -0.4 is 11.2 Å². The second-order valence-electron chi connectivity index (χ2n) is 4.65. The maximum Gasteiger partial charge on any atom is 0.0460 e. The summed E-state index contributed by atoms with van der Waals surface area (Å²) in [5.74, 6) is 0. The van der Waals surface area contributed by atoms with Crippen molar-refractivity contribution in [1.29, 1.82) is 0 Å². The molecule has 4 heteroatoms. The zero-order valence-corrected chi connectivity index (χ0v) is 9.71.